The molecule has 1 rings (SSSR count). The number of nitrogens with zero attached hydrogens (tertiary/aromatic N) is 2. The molecular weight excluding hydrogens is 364 g/mol. The molecule has 0 aliphatic carbocycles. The zero-order valence-electron chi connectivity index (χ0n) is 18.1. The highest BCUT2D eigenvalue weighted by Gasteiger charge is 2.07. The number of rotatable bonds is 13. The minimum atomic E-state index is 0.00213. The molecule has 0 atom stereocenters. The number of methoxy groups -OCH3 is 1. The fourth-order valence-electron chi connectivity index (χ4n) is 2.87. The number of carbonyl (C=O) groups excluding carboxylic acids is 1. The second-order valence-corrected chi connectivity index (χ2v) is 6.68. The van der Waals surface area contributed by atoms with Gasteiger partial charge in [0, 0.05) is 36.6 Å². The van der Waals surface area contributed by atoms with Crippen LogP contribution in [-0.4, -0.2) is 42.7 Å². The van der Waals surface area contributed by atoms with Crippen LogP contribution in [-0.2, 0) is 4.79 Å². The van der Waals surface area contributed by atoms with Gasteiger partial charge in [0.2, 0.25) is 0 Å². The number of carbonyl (C=O) groups is 1. The third-order valence-corrected chi connectivity index (χ3v) is 4.65. The number of allylic oxidation sites excluding steroid dienone is 3. The molecule has 0 aliphatic rings. The molecule has 0 unspecified atom stereocenters. The molecule has 0 bridgehead atoms. The van der Waals surface area contributed by atoms with E-state index in [1.807, 2.05) is 6.08 Å². The number of aromatic hydroxyl groups is 1. The van der Waals surface area contributed by atoms with Gasteiger partial charge in [-0.1, -0.05) is 33.3 Å². The summed E-state index contributed by atoms with van der Waals surface area (Å²) in [4.78, 5) is 17.8. The normalized spacial score (nSPS) is 12.3. The summed E-state index contributed by atoms with van der Waals surface area (Å²) in [6.07, 6.45) is 10.2. The van der Waals surface area contributed by atoms with Gasteiger partial charge in [-0.3, -0.25) is 9.79 Å². The van der Waals surface area contributed by atoms with Gasteiger partial charge < -0.3 is 14.7 Å². The second kappa shape index (κ2) is 13.4. The minimum absolute atomic E-state index is 0.00213. The number of phenolic OH excluding ortho intramolecular Hbond substituents is 1. The van der Waals surface area contributed by atoms with Crippen molar-refractivity contribution in [1.82, 2.24) is 4.90 Å². The van der Waals surface area contributed by atoms with Gasteiger partial charge in [0.25, 0.3) is 0 Å². The van der Waals surface area contributed by atoms with Crippen LogP contribution in [0.15, 0.2) is 53.2 Å². The van der Waals surface area contributed by atoms with Crippen molar-refractivity contribution in [3.63, 3.8) is 0 Å². The van der Waals surface area contributed by atoms with Gasteiger partial charge >= 0.3 is 0 Å². The Kier molecular flexibility index (Phi) is 11.2. The van der Waals surface area contributed by atoms with E-state index in [0.717, 1.165) is 37.2 Å². The average Bonchev–Trinajstić information content (AvgIpc) is 2.72. The van der Waals surface area contributed by atoms with Gasteiger partial charge in [-0.15, -0.1) is 0 Å². The van der Waals surface area contributed by atoms with Crippen LogP contribution in [0.2, 0.25) is 0 Å². The summed E-state index contributed by atoms with van der Waals surface area (Å²) in [5.74, 6) is 0.374. The van der Waals surface area contributed by atoms with E-state index in [1.165, 1.54) is 32.1 Å². The fourth-order valence-corrected chi connectivity index (χ4v) is 2.87. The van der Waals surface area contributed by atoms with E-state index in [-0.39, 0.29) is 5.75 Å². The number of hydrogen-bond acceptors (Lipinski definition) is 5. The molecule has 1 aromatic rings. The summed E-state index contributed by atoms with van der Waals surface area (Å²) in [5, 5.41) is 10.0. The topological polar surface area (TPSA) is 62.1 Å². The molecule has 1 aromatic carbocycles. The number of aldehydes is 1. The Bertz CT molecular complexity index is 763. The van der Waals surface area contributed by atoms with Crippen LogP contribution in [0.1, 0.15) is 52.0 Å². The van der Waals surface area contributed by atoms with Crippen LogP contribution < -0.4 is 4.74 Å². The lowest BCUT2D eigenvalue weighted by atomic mass is 10.1. The molecule has 0 saturated heterocycles. The predicted octanol–water partition coefficient (Wildman–Crippen LogP) is 5.37. The highest BCUT2D eigenvalue weighted by molar-refractivity contribution is 5.89. The number of hydrogen-bond donors (Lipinski definition) is 1. The lowest BCUT2D eigenvalue weighted by Gasteiger charge is -2.23. The zero-order chi connectivity index (χ0) is 21.6. The molecule has 5 heteroatoms. The van der Waals surface area contributed by atoms with Gasteiger partial charge in [0.1, 0.15) is 6.29 Å². The summed E-state index contributed by atoms with van der Waals surface area (Å²) >= 11 is 0. The molecule has 0 aromatic heterocycles. The smallest absolute Gasteiger partial charge is 0.160 e. The van der Waals surface area contributed by atoms with E-state index >= 15 is 0 Å². The molecule has 0 aliphatic heterocycles. The molecule has 0 saturated carbocycles. The summed E-state index contributed by atoms with van der Waals surface area (Å²) in [5.41, 5.74) is 3.09. The van der Waals surface area contributed by atoms with Crippen molar-refractivity contribution in [1.29, 1.82) is 0 Å². The molecule has 5 nitrogen and oxygen atoms in total. The molecule has 0 spiro atoms. The number of phenols is 1. The summed E-state index contributed by atoms with van der Waals surface area (Å²) in [7, 11) is 1.49. The van der Waals surface area contributed by atoms with E-state index in [1.54, 1.807) is 18.3 Å². The molecule has 0 fully saturated rings. The lowest BCUT2D eigenvalue weighted by molar-refractivity contribution is -0.104. The highest BCUT2D eigenvalue weighted by atomic mass is 16.5. The SMILES string of the molecule is C=C(\C=C(/C=N/C(=C\C=O)c1ccc(OC)c(O)c1)CC)N(CC)CCCCC. The van der Waals surface area contributed by atoms with Crippen LogP contribution in [0.3, 0.4) is 0 Å². The number of unbranched alkanes of at least 4 members (excludes halogenated alkanes) is 2. The van der Waals surface area contributed by atoms with Gasteiger partial charge in [0.05, 0.1) is 12.8 Å². The van der Waals surface area contributed by atoms with Crippen molar-refractivity contribution >= 4 is 18.2 Å². The Morgan fingerprint density at radius 2 is 2.03 bits per heavy atom. The third-order valence-electron chi connectivity index (χ3n) is 4.65. The molecule has 0 heterocycles. The number of aliphatic imine (C=N–C) groups is 1. The molecule has 158 valence electrons. The predicted molar refractivity (Wildman–Crippen MR) is 121 cm³/mol. The first kappa shape index (κ1) is 24.2. The van der Waals surface area contributed by atoms with E-state index < -0.39 is 0 Å². The zero-order valence-corrected chi connectivity index (χ0v) is 18.1. The summed E-state index contributed by atoms with van der Waals surface area (Å²) < 4.78 is 5.07. The largest absolute Gasteiger partial charge is 0.504 e. The molecule has 1 N–H and O–H groups in total. The van der Waals surface area contributed by atoms with Crippen molar-refractivity contribution in [3.05, 3.63) is 53.8 Å². The second-order valence-electron chi connectivity index (χ2n) is 6.68. The fraction of sp³-hybridized carbons (Fsp3) is 0.417. The minimum Gasteiger partial charge on any atom is -0.504 e. The summed E-state index contributed by atoms with van der Waals surface area (Å²) in [6.45, 7) is 12.5. The first-order chi connectivity index (χ1) is 14.0. The van der Waals surface area contributed by atoms with Crippen LogP contribution in [0, 0.1) is 0 Å². The maximum absolute atomic E-state index is 11.1. The van der Waals surface area contributed by atoms with E-state index in [9.17, 15) is 9.90 Å². The number of likely N-dealkylation sites (N-methyl/N-ethyl adjacent to an activating group) is 1. The quantitative estimate of drug-likeness (QED) is 0.159. The van der Waals surface area contributed by atoms with Crippen LogP contribution in [0.25, 0.3) is 5.70 Å². The maximum atomic E-state index is 11.1. The molecule has 0 amide bonds. The van der Waals surface area contributed by atoms with Crippen LogP contribution in [0.4, 0.5) is 0 Å². The number of ether oxygens (including phenoxy) is 1. The van der Waals surface area contributed by atoms with E-state index in [0.29, 0.717) is 23.3 Å². The van der Waals surface area contributed by atoms with Gasteiger partial charge in [-0.05, 0) is 49.6 Å². The van der Waals surface area contributed by atoms with E-state index in [2.05, 4.69) is 37.2 Å². The van der Waals surface area contributed by atoms with Gasteiger partial charge in [-0.2, -0.15) is 0 Å². The monoisotopic (exact) mass is 398 g/mol. The van der Waals surface area contributed by atoms with Crippen molar-refractivity contribution in [2.24, 2.45) is 4.99 Å². The highest BCUT2D eigenvalue weighted by Crippen LogP contribution is 2.29. The van der Waals surface area contributed by atoms with Crippen molar-refractivity contribution in [2.75, 3.05) is 20.2 Å². The van der Waals surface area contributed by atoms with Crippen LogP contribution in [0.5, 0.6) is 11.5 Å². The van der Waals surface area contributed by atoms with Crippen LogP contribution >= 0.6 is 0 Å². The Labute approximate surface area is 175 Å². The average molecular weight is 399 g/mol. The molecular formula is C24H34N2O3. The van der Waals surface area contributed by atoms with E-state index in [4.69, 9.17) is 4.74 Å². The summed E-state index contributed by atoms with van der Waals surface area (Å²) in [6, 6.07) is 4.94. The van der Waals surface area contributed by atoms with Crippen molar-refractivity contribution < 1.29 is 14.6 Å². The maximum Gasteiger partial charge on any atom is 0.160 e. The Hall–Kier alpha value is -2.82. The standard InChI is InChI=1S/C24H34N2O3/c1-6-9-10-14-26(8-3)19(4)16-20(7-2)18-25-22(13-15-27)21-11-12-24(29-5)23(28)17-21/h11-13,15-18,28H,4,6-10,14H2,1-3,5H3/b20-16-,22-13-,25-18+. The first-order valence-corrected chi connectivity index (χ1v) is 10.2. The number of benzene rings is 1. The lowest BCUT2D eigenvalue weighted by Crippen LogP contribution is -2.22. The van der Waals surface area contributed by atoms with Gasteiger partial charge in [-0.25, -0.2) is 0 Å². The molecule has 0 radical (unpaired) electrons. The Balaban J connectivity index is 3.02. The van der Waals surface area contributed by atoms with Crippen molar-refractivity contribution in [2.45, 2.75) is 46.5 Å². The molecule has 29 heavy (non-hydrogen) atoms. The Morgan fingerprint density at radius 1 is 1.28 bits per heavy atom. The first-order valence-electron chi connectivity index (χ1n) is 10.2. The van der Waals surface area contributed by atoms with Crippen molar-refractivity contribution in [3.8, 4) is 11.5 Å². The Morgan fingerprint density at radius 3 is 2.59 bits per heavy atom. The van der Waals surface area contributed by atoms with Gasteiger partial charge in [0.15, 0.2) is 11.5 Å². The third kappa shape index (κ3) is 7.98.